The van der Waals surface area contributed by atoms with E-state index in [0.29, 0.717) is 5.82 Å². The number of aryl methyl sites for hydroxylation is 1. The van der Waals surface area contributed by atoms with E-state index in [1.165, 1.54) is 0 Å². The predicted molar refractivity (Wildman–Crippen MR) is 95.6 cm³/mol. The lowest BCUT2D eigenvalue weighted by atomic mass is 10.1. The molecule has 0 bridgehead atoms. The predicted octanol–water partition coefficient (Wildman–Crippen LogP) is 3.44. The zero-order valence-electron chi connectivity index (χ0n) is 13.5. The van der Waals surface area contributed by atoms with Gasteiger partial charge in [0.15, 0.2) is 17.1 Å². The zero-order valence-corrected chi connectivity index (χ0v) is 13.5. The van der Waals surface area contributed by atoms with Crippen LogP contribution in [0.4, 0.5) is 0 Å². The second kappa shape index (κ2) is 5.24. The third-order valence-electron chi connectivity index (χ3n) is 4.29. The van der Waals surface area contributed by atoms with Gasteiger partial charge in [-0.05, 0) is 24.6 Å². The molecule has 6 heteroatoms. The molecule has 6 nitrogen and oxygen atoms in total. The molecular weight excluding hydrogens is 312 g/mol. The minimum absolute atomic E-state index is 0.694. The number of aromatic nitrogens is 6. The number of para-hydroxylation sites is 1. The Hall–Kier alpha value is -3.54. The highest BCUT2D eigenvalue weighted by Gasteiger charge is 2.14. The topological polar surface area (TPSA) is 60.9 Å². The maximum Gasteiger partial charge on any atom is 0.182 e. The highest BCUT2D eigenvalue weighted by atomic mass is 15.3. The summed E-state index contributed by atoms with van der Waals surface area (Å²) >= 11 is 0. The van der Waals surface area contributed by atoms with E-state index in [9.17, 15) is 0 Å². The molecule has 0 N–H and O–H groups in total. The Morgan fingerprint density at radius 2 is 1.68 bits per heavy atom. The summed E-state index contributed by atoms with van der Waals surface area (Å²) in [6, 6.07) is 18.0. The quantitative estimate of drug-likeness (QED) is 0.498. The van der Waals surface area contributed by atoms with Gasteiger partial charge in [0.1, 0.15) is 6.33 Å². The first-order valence-electron chi connectivity index (χ1n) is 8.02. The minimum Gasteiger partial charge on any atom is -0.216 e. The summed E-state index contributed by atoms with van der Waals surface area (Å²) in [6.45, 7) is 2.06. The highest BCUT2D eigenvalue weighted by Crippen LogP contribution is 2.24. The van der Waals surface area contributed by atoms with Crippen LogP contribution in [0.5, 0.6) is 0 Å². The van der Waals surface area contributed by atoms with Crippen molar-refractivity contribution in [3.05, 3.63) is 72.7 Å². The molecule has 0 aliphatic rings. The van der Waals surface area contributed by atoms with Crippen molar-refractivity contribution < 1.29 is 0 Å². The van der Waals surface area contributed by atoms with E-state index in [4.69, 9.17) is 4.98 Å². The van der Waals surface area contributed by atoms with E-state index in [-0.39, 0.29) is 0 Å². The lowest BCUT2D eigenvalue weighted by molar-refractivity contribution is 0.882. The molecule has 25 heavy (non-hydrogen) atoms. The molecule has 0 saturated carbocycles. The largest absolute Gasteiger partial charge is 0.216 e. The van der Waals surface area contributed by atoms with Gasteiger partial charge in [-0.25, -0.2) is 19.2 Å². The fourth-order valence-corrected chi connectivity index (χ4v) is 3.02. The van der Waals surface area contributed by atoms with Gasteiger partial charge >= 0.3 is 0 Å². The Labute approximate surface area is 143 Å². The molecule has 5 aromatic rings. The third-order valence-corrected chi connectivity index (χ3v) is 4.29. The maximum atomic E-state index is 4.74. The molecule has 0 radical (unpaired) electrons. The number of hydrogen-bond donors (Lipinski definition) is 0. The van der Waals surface area contributed by atoms with Crippen LogP contribution in [0.1, 0.15) is 5.56 Å². The van der Waals surface area contributed by atoms with Gasteiger partial charge in [0.05, 0.1) is 17.3 Å². The molecule has 0 fully saturated rings. The van der Waals surface area contributed by atoms with Crippen molar-refractivity contribution in [3.63, 3.8) is 0 Å². The van der Waals surface area contributed by atoms with E-state index in [1.807, 2.05) is 53.2 Å². The first-order valence-corrected chi connectivity index (χ1v) is 8.02. The summed E-state index contributed by atoms with van der Waals surface area (Å²) in [7, 11) is 0. The van der Waals surface area contributed by atoms with Gasteiger partial charge in [-0.1, -0.05) is 42.5 Å². The molecule has 3 heterocycles. The zero-order chi connectivity index (χ0) is 16.8. The van der Waals surface area contributed by atoms with Gasteiger partial charge in [-0.15, -0.1) is 5.10 Å². The molecule has 120 valence electrons. The van der Waals surface area contributed by atoms with Crippen LogP contribution in [-0.2, 0) is 0 Å². The van der Waals surface area contributed by atoms with Crippen LogP contribution in [0, 0.1) is 6.92 Å². The van der Waals surface area contributed by atoms with Crippen molar-refractivity contribution in [1.82, 2.24) is 29.4 Å². The summed E-state index contributed by atoms with van der Waals surface area (Å²) in [5.41, 5.74) is 4.65. The summed E-state index contributed by atoms with van der Waals surface area (Å²) in [5.74, 6) is 0.694. The van der Waals surface area contributed by atoms with Crippen molar-refractivity contribution in [2.75, 3.05) is 0 Å². The molecule has 0 saturated heterocycles. The summed E-state index contributed by atoms with van der Waals surface area (Å²) in [6.07, 6.45) is 3.48. The van der Waals surface area contributed by atoms with E-state index < -0.39 is 0 Å². The average molecular weight is 326 g/mol. The third kappa shape index (κ3) is 2.11. The number of hydrogen-bond acceptors (Lipinski definition) is 4. The van der Waals surface area contributed by atoms with Gasteiger partial charge in [0.25, 0.3) is 0 Å². The van der Waals surface area contributed by atoms with Gasteiger partial charge < -0.3 is 0 Å². The van der Waals surface area contributed by atoms with Crippen molar-refractivity contribution >= 4 is 16.7 Å². The van der Waals surface area contributed by atoms with Gasteiger partial charge in [-0.2, -0.15) is 5.10 Å². The van der Waals surface area contributed by atoms with Crippen molar-refractivity contribution in [3.8, 4) is 17.1 Å². The summed E-state index contributed by atoms with van der Waals surface area (Å²) < 4.78 is 3.53. The Bertz CT molecular complexity index is 1200. The second-order valence-corrected chi connectivity index (χ2v) is 5.89. The molecular formula is C19H14N6. The van der Waals surface area contributed by atoms with Crippen molar-refractivity contribution in [2.45, 2.75) is 6.92 Å². The molecule has 0 aliphatic heterocycles. The summed E-state index contributed by atoms with van der Waals surface area (Å²) in [4.78, 5) is 9.27. The van der Waals surface area contributed by atoms with Crippen molar-refractivity contribution in [2.24, 2.45) is 0 Å². The SMILES string of the molecule is Cc1ccccc1-c1nc2c3cnn(-c4ccccc4)c3ncn2n1. The first-order chi connectivity index (χ1) is 12.3. The number of rotatable bonds is 2. The molecule has 0 unspecified atom stereocenters. The molecule has 5 rings (SSSR count). The average Bonchev–Trinajstić information content (AvgIpc) is 3.26. The van der Waals surface area contributed by atoms with Gasteiger partial charge in [0, 0.05) is 5.56 Å². The Balaban J connectivity index is 1.74. The number of fused-ring (bicyclic) bond motifs is 3. The molecule has 0 amide bonds. The Kier molecular flexibility index (Phi) is 2.90. The van der Waals surface area contributed by atoms with Crippen LogP contribution in [0.15, 0.2) is 67.1 Å². The van der Waals surface area contributed by atoms with Gasteiger partial charge in [0.2, 0.25) is 0 Å². The van der Waals surface area contributed by atoms with Crippen LogP contribution in [0.3, 0.4) is 0 Å². The first kappa shape index (κ1) is 13.9. The van der Waals surface area contributed by atoms with E-state index in [0.717, 1.165) is 33.5 Å². The van der Waals surface area contributed by atoms with E-state index in [1.54, 1.807) is 17.0 Å². The highest BCUT2D eigenvalue weighted by molar-refractivity contribution is 5.90. The second-order valence-electron chi connectivity index (χ2n) is 5.89. The van der Waals surface area contributed by atoms with Crippen LogP contribution in [-0.4, -0.2) is 29.4 Å². The Morgan fingerprint density at radius 1 is 0.880 bits per heavy atom. The van der Waals surface area contributed by atoms with Crippen LogP contribution >= 0.6 is 0 Å². The minimum atomic E-state index is 0.694. The number of nitrogens with zero attached hydrogens (tertiary/aromatic N) is 6. The summed E-state index contributed by atoms with van der Waals surface area (Å²) in [5, 5.41) is 9.94. The fourth-order valence-electron chi connectivity index (χ4n) is 3.02. The smallest absolute Gasteiger partial charge is 0.182 e. The molecule has 0 spiro atoms. The number of benzene rings is 2. The maximum absolute atomic E-state index is 4.74. The van der Waals surface area contributed by atoms with Crippen LogP contribution in [0.25, 0.3) is 33.8 Å². The standard InChI is InChI=1S/C19H14N6/c1-13-7-5-6-10-15(13)17-22-19-16-11-21-25(14-8-3-2-4-9-14)18(16)20-12-24(19)23-17/h2-12H,1H3. The molecule has 0 aliphatic carbocycles. The van der Waals surface area contributed by atoms with Crippen LogP contribution < -0.4 is 0 Å². The van der Waals surface area contributed by atoms with E-state index >= 15 is 0 Å². The van der Waals surface area contributed by atoms with Crippen molar-refractivity contribution in [1.29, 1.82) is 0 Å². The van der Waals surface area contributed by atoms with E-state index in [2.05, 4.69) is 28.2 Å². The molecule has 2 aromatic carbocycles. The fraction of sp³-hybridized carbons (Fsp3) is 0.0526. The Morgan fingerprint density at radius 3 is 2.52 bits per heavy atom. The lowest BCUT2D eigenvalue weighted by Gasteiger charge is -2.01. The lowest BCUT2D eigenvalue weighted by Crippen LogP contribution is -1.98. The van der Waals surface area contributed by atoms with Crippen LogP contribution in [0.2, 0.25) is 0 Å². The molecule has 0 atom stereocenters. The molecule has 3 aromatic heterocycles. The van der Waals surface area contributed by atoms with Gasteiger partial charge in [-0.3, -0.25) is 0 Å². The normalized spacial score (nSPS) is 11.4. The monoisotopic (exact) mass is 326 g/mol.